The molecule has 5 heteroatoms. The minimum Gasteiger partial charge on any atom is -0.366 e. The van der Waals surface area contributed by atoms with E-state index in [0.717, 1.165) is 17.7 Å². The number of nitrogens with two attached hydrogens (primary N) is 1. The average Bonchev–Trinajstić information content (AvgIpc) is 2.82. The van der Waals surface area contributed by atoms with Gasteiger partial charge in [-0.15, -0.1) is 0 Å². The van der Waals surface area contributed by atoms with E-state index in [2.05, 4.69) is 15.5 Å². The van der Waals surface area contributed by atoms with E-state index in [4.69, 9.17) is 5.73 Å². The SMILES string of the molecule is NC(=O)c1cccc(CNCc2cn[nH]c2)c1. The second kappa shape index (κ2) is 5.27. The van der Waals surface area contributed by atoms with Crippen LogP contribution < -0.4 is 11.1 Å². The van der Waals surface area contributed by atoms with Crippen molar-refractivity contribution >= 4 is 5.91 Å². The van der Waals surface area contributed by atoms with Gasteiger partial charge in [0.15, 0.2) is 0 Å². The van der Waals surface area contributed by atoms with E-state index in [1.165, 1.54) is 0 Å². The molecule has 1 aromatic carbocycles. The molecule has 1 heterocycles. The maximum Gasteiger partial charge on any atom is 0.248 e. The molecule has 0 saturated carbocycles. The number of carbonyl (C=O) groups excluding carboxylic acids is 1. The van der Waals surface area contributed by atoms with Gasteiger partial charge in [-0.1, -0.05) is 12.1 Å². The van der Waals surface area contributed by atoms with Gasteiger partial charge in [-0.05, 0) is 17.7 Å². The lowest BCUT2D eigenvalue weighted by molar-refractivity contribution is 0.1000. The Kier molecular flexibility index (Phi) is 3.52. The largest absolute Gasteiger partial charge is 0.366 e. The molecule has 0 aliphatic rings. The minimum absolute atomic E-state index is 0.401. The molecule has 88 valence electrons. The zero-order chi connectivity index (χ0) is 12.1. The summed E-state index contributed by atoms with van der Waals surface area (Å²) in [6.07, 6.45) is 3.61. The van der Waals surface area contributed by atoms with Crippen molar-refractivity contribution in [3.8, 4) is 0 Å². The summed E-state index contributed by atoms with van der Waals surface area (Å²) in [4.78, 5) is 11.0. The van der Waals surface area contributed by atoms with Gasteiger partial charge in [-0.2, -0.15) is 5.10 Å². The highest BCUT2D eigenvalue weighted by Crippen LogP contribution is 2.04. The first-order valence-electron chi connectivity index (χ1n) is 5.33. The van der Waals surface area contributed by atoms with Crippen molar-refractivity contribution < 1.29 is 4.79 Å². The number of hydrogen-bond donors (Lipinski definition) is 3. The predicted molar refractivity (Wildman–Crippen MR) is 64.1 cm³/mol. The predicted octanol–water partition coefficient (Wildman–Crippen LogP) is 0.798. The molecule has 5 nitrogen and oxygen atoms in total. The van der Waals surface area contributed by atoms with Crippen molar-refractivity contribution in [3.05, 3.63) is 53.3 Å². The van der Waals surface area contributed by atoms with Crippen molar-refractivity contribution in [1.29, 1.82) is 0 Å². The van der Waals surface area contributed by atoms with Crippen molar-refractivity contribution in [2.24, 2.45) is 5.73 Å². The van der Waals surface area contributed by atoms with E-state index in [-0.39, 0.29) is 0 Å². The van der Waals surface area contributed by atoms with Gasteiger partial charge in [0, 0.05) is 30.4 Å². The van der Waals surface area contributed by atoms with E-state index in [1.54, 1.807) is 18.3 Å². The smallest absolute Gasteiger partial charge is 0.248 e. The monoisotopic (exact) mass is 230 g/mol. The van der Waals surface area contributed by atoms with E-state index in [0.29, 0.717) is 12.1 Å². The number of aromatic nitrogens is 2. The van der Waals surface area contributed by atoms with E-state index in [1.807, 2.05) is 18.3 Å². The summed E-state index contributed by atoms with van der Waals surface area (Å²) < 4.78 is 0. The highest BCUT2D eigenvalue weighted by molar-refractivity contribution is 5.92. The van der Waals surface area contributed by atoms with Crippen LogP contribution in [0, 0.1) is 0 Å². The summed E-state index contributed by atoms with van der Waals surface area (Å²) in [5.74, 6) is -0.401. The maximum absolute atomic E-state index is 11.0. The van der Waals surface area contributed by atoms with Crippen LogP contribution in [0.25, 0.3) is 0 Å². The Bertz CT molecular complexity index is 493. The zero-order valence-electron chi connectivity index (χ0n) is 9.31. The molecule has 4 N–H and O–H groups in total. The first-order chi connectivity index (χ1) is 8.25. The van der Waals surface area contributed by atoms with Gasteiger partial charge in [0.2, 0.25) is 5.91 Å². The Labute approximate surface area is 99.0 Å². The number of carbonyl (C=O) groups is 1. The molecule has 0 aliphatic heterocycles. The molecule has 0 radical (unpaired) electrons. The summed E-state index contributed by atoms with van der Waals surface area (Å²) in [7, 11) is 0. The second-order valence-corrected chi connectivity index (χ2v) is 3.77. The lowest BCUT2D eigenvalue weighted by Gasteiger charge is -2.04. The quantitative estimate of drug-likeness (QED) is 0.710. The Hall–Kier alpha value is -2.14. The van der Waals surface area contributed by atoms with Gasteiger partial charge in [0.25, 0.3) is 0 Å². The third kappa shape index (κ3) is 3.15. The second-order valence-electron chi connectivity index (χ2n) is 3.77. The van der Waals surface area contributed by atoms with Crippen LogP contribution in [0.2, 0.25) is 0 Å². The van der Waals surface area contributed by atoms with Crippen LogP contribution in [-0.2, 0) is 13.1 Å². The third-order valence-corrected chi connectivity index (χ3v) is 2.42. The van der Waals surface area contributed by atoms with Crippen LogP contribution in [0.5, 0.6) is 0 Å². The summed E-state index contributed by atoms with van der Waals surface area (Å²) >= 11 is 0. The zero-order valence-corrected chi connectivity index (χ0v) is 9.31. The molecule has 2 aromatic rings. The van der Waals surface area contributed by atoms with Gasteiger partial charge in [-0.3, -0.25) is 9.89 Å². The number of primary amides is 1. The van der Waals surface area contributed by atoms with Crippen LogP contribution in [-0.4, -0.2) is 16.1 Å². The highest BCUT2D eigenvalue weighted by Gasteiger charge is 2.01. The van der Waals surface area contributed by atoms with Gasteiger partial charge >= 0.3 is 0 Å². The van der Waals surface area contributed by atoms with Crippen LogP contribution in [0.15, 0.2) is 36.7 Å². The first kappa shape index (κ1) is 11.3. The third-order valence-electron chi connectivity index (χ3n) is 2.42. The number of amides is 1. The van der Waals surface area contributed by atoms with E-state index >= 15 is 0 Å². The lowest BCUT2D eigenvalue weighted by atomic mass is 10.1. The Morgan fingerprint density at radius 1 is 1.35 bits per heavy atom. The summed E-state index contributed by atoms with van der Waals surface area (Å²) in [6, 6.07) is 7.29. The first-order valence-corrected chi connectivity index (χ1v) is 5.33. The molecule has 17 heavy (non-hydrogen) atoms. The number of nitrogens with zero attached hydrogens (tertiary/aromatic N) is 1. The van der Waals surface area contributed by atoms with Crippen LogP contribution in [0.3, 0.4) is 0 Å². The van der Waals surface area contributed by atoms with Crippen LogP contribution in [0.1, 0.15) is 21.5 Å². The van der Waals surface area contributed by atoms with E-state index in [9.17, 15) is 4.79 Å². The summed E-state index contributed by atoms with van der Waals surface area (Å²) in [6.45, 7) is 1.42. The van der Waals surface area contributed by atoms with Gasteiger partial charge in [-0.25, -0.2) is 0 Å². The Morgan fingerprint density at radius 2 is 2.18 bits per heavy atom. The molecule has 0 bridgehead atoms. The number of aromatic amines is 1. The fraction of sp³-hybridized carbons (Fsp3) is 0.167. The fourth-order valence-electron chi connectivity index (χ4n) is 1.56. The maximum atomic E-state index is 11.0. The molecule has 0 fully saturated rings. The van der Waals surface area contributed by atoms with Crippen LogP contribution >= 0.6 is 0 Å². The van der Waals surface area contributed by atoms with E-state index < -0.39 is 5.91 Å². The van der Waals surface area contributed by atoms with Crippen LogP contribution in [0.4, 0.5) is 0 Å². The summed E-state index contributed by atoms with van der Waals surface area (Å²) in [5, 5.41) is 9.87. The number of rotatable bonds is 5. The fourth-order valence-corrected chi connectivity index (χ4v) is 1.56. The summed E-state index contributed by atoms with van der Waals surface area (Å²) in [5.41, 5.74) is 7.88. The van der Waals surface area contributed by atoms with Gasteiger partial charge in [0.05, 0.1) is 6.20 Å². The molecule has 0 spiro atoms. The van der Waals surface area contributed by atoms with Gasteiger partial charge in [0.1, 0.15) is 0 Å². The van der Waals surface area contributed by atoms with Crippen molar-refractivity contribution in [1.82, 2.24) is 15.5 Å². The van der Waals surface area contributed by atoms with Gasteiger partial charge < -0.3 is 11.1 Å². The Morgan fingerprint density at radius 3 is 2.88 bits per heavy atom. The average molecular weight is 230 g/mol. The lowest BCUT2D eigenvalue weighted by Crippen LogP contribution is -2.14. The normalized spacial score (nSPS) is 10.4. The molecule has 0 unspecified atom stereocenters. The highest BCUT2D eigenvalue weighted by atomic mass is 16.1. The number of benzene rings is 1. The van der Waals surface area contributed by atoms with Crippen molar-refractivity contribution in [2.75, 3.05) is 0 Å². The van der Waals surface area contributed by atoms with Crippen molar-refractivity contribution in [3.63, 3.8) is 0 Å². The molecule has 1 amide bonds. The molecular weight excluding hydrogens is 216 g/mol. The number of hydrogen-bond acceptors (Lipinski definition) is 3. The molecule has 1 aromatic heterocycles. The number of H-pyrrole nitrogens is 1. The minimum atomic E-state index is -0.401. The molecule has 0 aliphatic carbocycles. The topological polar surface area (TPSA) is 83.8 Å². The molecule has 0 atom stereocenters. The van der Waals surface area contributed by atoms with Crippen molar-refractivity contribution in [2.45, 2.75) is 13.1 Å². The standard InChI is InChI=1S/C12H14N4O/c13-12(17)11-3-1-2-9(4-11)5-14-6-10-7-15-16-8-10/h1-4,7-8,14H,5-6H2,(H2,13,17)(H,15,16). The molecular formula is C12H14N4O. The Balaban J connectivity index is 1.90. The molecule has 2 rings (SSSR count). The molecule has 0 saturated heterocycles. The number of nitrogens with one attached hydrogen (secondary N) is 2.